The van der Waals surface area contributed by atoms with Gasteiger partial charge >= 0.3 is 29.4 Å². The molecule has 3 aliphatic rings. The number of ether oxygens (including phenoxy) is 5. The lowest BCUT2D eigenvalue weighted by atomic mass is 9.77. The van der Waals surface area contributed by atoms with Crippen molar-refractivity contribution in [3.8, 4) is 34.5 Å². The minimum atomic E-state index is -5.74. The number of aromatic hydroxyl groups is 2. The molecule has 5 atom stereocenters. The Morgan fingerprint density at radius 2 is 1.51 bits per heavy atom. The summed E-state index contributed by atoms with van der Waals surface area (Å²) in [6.07, 6.45) is 1.95. The highest BCUT2D eigenvalue weighted by Crippen LogP contribution is 2.67. The predicted octanol–water partition coefficient (Wildman–Crippen LogP) is 5.52. The fourth-order valence-electron chi connectivity index (χ4n) is 8.10. The minimum absolute atomic E-state index is 0.0655. The molecule has 2 unspecified atom stereocenters. The number of phenols is 2. The van der Waals surface area contributed by atoms with Crippen molar-refractivity contribution < 1.29 is 95.0 Å². The Balaban J connectivity index is 0.856. The molecule has 1 spiro atoms. The summed E-state index contributed by atoms with van der Waals surface area (Å²) in [6, 6.07) is 7.21. The first-order valence-corrected chi connectivity index (χ1v) is 25.9. The zero-order valence-corrected chi connectivity index (χ0v) is 40.4. The van der Waals surface area contributed by atoms with Crippen LogP contribution >= 0.6 is 46.7 Å². The third kappa shape index (κ3) is 10.0. The van der Waals surface area contributed by atoms with Crippen LogP contribution < -0.4 is 24.8 Å². The van der Waals surface area contributed by atoms with Gasteiger partial charge in [0.1, 0.15) is 28.7 Å². The highest BCUT2D eigenvalue weighted by Gasteiger charge is 2.56. The number of hydrogen-bond acceptors (Lipinski definition) is 20. The molecule has 0 bridgehead atoms. The molecule has 376 valence electrons. The number of carbonyl (C=O) groups is 2. The maximum atomic E-state index is 13.6. The Labute approximate surface area is 404 Å². The highest BCUT2D eigenvalue weighted by molar-refractivity contribution is 7.66. The number of aliphatic hydroxyl groups is 1. The minimum Gasteiger partial charge on any atom is -0.503 e. The Morgan fingerprint density at radius 3 is 2.14 bits per heavy atom. The lowest BCUT2D eigenvalue weighted by Crippen LogP contribution is -2.34. The lowest BCUT2D eigenvalue weighted by molar-refractivity contribution is -0.0423. The molecule has 5 aromatic rings. The summed E-state index contributed by atoms with van der Waals surface area (Å²) in [7, 11) is -14.2. The molecule has 3 aliphatic heterocycles. The van der Waals surface area contributed by atoms with E-state index in [1.165, 1.54) is 61.8 Å². The highest BCUT2D eigenvalue weighted by atomic mass is 35.5. The Morgan fingerprint density at radius 1 is 0.871 bits per heavy atom. The van der Waals surface area contributed by atoms with Gasteiger partial charge in [-0.25, -0.2) is 33.4 Å². The second kappa shape index (κ2) is 19.8. The smallest absolute Gasteiger partial charge is 0.490 e. The van der Waals surface area contributed by atoms with E-state index < -0.39 is 77.5 Å². The van der Waals surface area contributed by atoms with Crippen molar-refractivity contribution in [2.45, 2.75) is 56.1 Å². The van der Waals surface area contributed by atoms with E-state index in [0.29, 0.717) is 42.9 Å². The van der Waals surface area contributed by atoms with Crippen molar-refractivity contribution in [3.63, 3.8) is 0 Å². The van der Waals surface area contributed by atoms with Gasteiger partial charge in [-0.1, -0.05) is 36.0 Å². The molecule has 1 amide bonds. The molecule has 8 rings (SSSR count). The number of imidazole rings is 1. The number of amides is 1. The molecule has 5 heterocycles. The number of aromatic nitrogens is 4. The molecular formula is C39H41Cl2N6O20P3. The first-order chi connectivity index (χ1) is 33.1. The summed E-state index contributed by atoms with van der Waals surface area (Å²) in [5, 5.41) is 37.7. The number of halogens is 2. The number of nitrogens with zero attached hydrogens (tertiary/aromatic N) is 4. The number of methoxy groups -OCH3 is 2. The van der Waals surface area contributed by atoms with Crippen LogP contribution in [0.25, 0.3) is 11.2 Å². The summed E-state index contributed by atoms with van der Waals surface area (Å²) in [4.78, 5) is 76.7. The number of hydrogen-bond donors (Lipinski definition) is 9. The third-order valence-electron chi connectivity index (χ3n) is 11.2. The normalized spacial score (nSPS) is 19.6. The van der Waals surface area contributed by atoms with Gasteiger partial charge in [-0.3, -0.25) is 13.9 Å². The van der Waals surface area contributed by atoms with Crippen molar-refractivity contribution in [2.75, 3.05) is 39.2 Å². The molecule has 1 saturated heterocycles. The fourth-order valence-corrected chi connectivity index (χ4v) is 11.6. The van der Waals surface area contributed by atoms with E-state index in [-0.39, 0.29) is 67.3 Å². The van der Waals surface area contributed by atoms with Gasteiger partial charge in [-0.05, 0) is 43.2 Å². The van der Waals surface area contributed by atoms with Crippen molar-refractivity contribution in [2.24, 2.45) is 0 Å². The molecule has 0 radical (unpaired) electrons. The second-order valence-electron chi connectivity index (χ2n) is 15.6. The number of esters is 1. The summed E-state index contributed by atoms with van der Waals surface area (Å²) < 4.78 is 76.9. The molecule has 9 N–H and O–H groups in total. The van der Waals surface area contributed by atoms with Gasteiger partial charge in [0.2, 0.25) is 0 Å². The average molecular weight is 1080 g/mol. The number of phosphoric acid groups is 3. The van der Waals surface area contributed by atoms with E-state index in [4.69, 9.17) is 56.7 Å². The number of carbonyl (C=O) groups excluding carboxylic acids is 2. The molecule has 0 aliphatic carbocycles. The number of phosphoric ester groups is 1. The first kappa shape index (κ1) is 51.2. The van der Waals surface area contributed by atoms with Crippen LogP contribution in [-0.2, 0) is 41.9 Å². The van der Waals surface area contributed by atoms with Gasteiger partial charge in [-0.2, -0.15) is 8.62 Å². The van der Waals surface area contributed by atoms with Gasteiger partial charge in [0.25, 0.3) is 5.91 Å². The summed E-state index contributed by atoms with van der Waals surface area (Å²) in [5.41, 5.74) is -0.401. The molecule has 26 nitrogen and oxygen atoms in total. The van der Waals surface area contributed by atoms with Crippen molar-refractivity contribution >= 4 is 75.5 Å². The first-order valence-electron chi connectivity index (χ1n) is 20.6. The van der Waals surface area contributed by atoms with Gasteiger partial charge < -0.3 is 69.2 Å². The van der Waals surface area contributed by atoms with Gasteiger partial charge in [0.15, 0.2) is 57.1 Å². The van der Waals surface area contributed by atoms with Crippen molar-refractivity contribution in [3.05, 3.63) is 80.8 Å². The average Bonchev–Trinajstić information content (AvgIpc) is 3.98. The summed E-state index contributed by atoms with van der Waals surface area (Å²) >= 11 is 13.2. The van der Waals surface area contributed by atoms with Gasteiger partial charge in [0.05, 0.1) is 49.9 Å². The SMILES string of the molecule is COc1cc2c(c(Cl)c1O)Oc1c(cc(OC)c(O)c1Cl)C21OC(=O)c2ccc(C(=O)NCCCCCCNc3ncnc4c3ncn4[C@H]3C[C@H](O)[C@@H](COP(=O)(O)OP(=O)(O)OP(=O)(O)O)O3)cc21. The van der Waals surface area contributed by atoms with Gasteiger partial charge in [-0.15, -0.1) is 0 Å². The van der Waals surface area contributed by atoms with Crippen LogP contribution in [0.5, 0.6) is 34.5 Å². The maximum absolute atomic E-state index is 13.6. The number of phenolic OH excluding ortho intramolecular Hbond substituents is 2. The molecular weight excluding hydrogens is 1040 g/mol. The topological polar surface area (TPSA) is 368 Å². The Kier molecular flexibility index (Phi) is 14.5. The van der Waals surface area contributed by atoms with Crippen LogP contribution in [0.1, 0.15) is 75.7 Å². The third-order valence-corrected chi connectivity index (χ3v) is 15.7. The van der Waals surface area contributed by atoms with E-state index in [0.717, 1.165) is 12.8 Å². The Bertz CT molecular complexity index is 2980. The van der Waals surface area contributed by atoms with Crippen LogP contribution in [0.3, 0.4) is 0 Å². The van der Waals surface area contributed by atoms with Crippen LogP contribution in [0.2, 0.25) is 10.0 Å². The molecule has 0 saturated carbocycles. The van der Waals surface area contributed by atoms with Crippen molar-refractivity contribution in [1.82, 2.24) is 24.8 Å². The van der Waals surface area contributed by atoms with E-state index in [1.807, 2.05) is 0 Å². The van der Waals surface area contributed by atoms with Crippen LogP contribution in [0, 0.1) is 0 Å². The number of benzene rings is 3. The standard InChI is InChI=1S/C39H41Cl2N6O20P3/c1-60-24-12-21-33(28(40)31(24)49)64-34-22(13-25(61-2)32(50)29(34)41)39(21)20-11-18(7-8-19(20)38(52)65-39)37(51)43-10-6-4-3-5-9-42-35-30-36(45-16-44-35)47(17-46-30)27-14-23(48)26(63-27)15-62-69(56,57)67-70(58,59)66-68(53,54)55/h7-8,11-13,16-17,23,26-27,48-50H,3-6,9-10,14-15H2,1-2H3,(H,43,51)(H,56,57)(H,58,59)(H,42,44,45)(H2,53,54,55)/t23-,26+,27+/m0/s1. The largest absolute Gasteiger partial charge is 0.503 e. The number of aliphatic hydroxyl groups excluding tert-OH is 1. The summed E-state index contributed by atoms with van der Waals surface area (Å²) in [6.45, 7) is -0.0577. The number of rotatable bonds is 19. The zero-order chi connectivity index (χ0) is 50.5. The lowest BCUT2D eigenvalue weighted by Gasteiger charge is -2.37. The number of anilines is 1. The number of fused-ring (bicyclic) bond motifs is 7. The molecule has 3 aromatic carbocycles. The fraction of sp³-hybridized carbons (Fsp3) is 0.359. The summed E-state index contributed by atoms with van der Waals surface area (Å²) in [5.74, 6) is -2.15. The van der Waals surface area contributed by atoms with Crippen LogP contribution in [0.15, 0.2) is 43.0 Å². The van der Waals surface area contributed by atoms with Gasteiger partial charge in [0, 0.05) is 30.6 Å². The number of nitrogens with one attached hydrogen (secondary N) is 2. The van der Waals surface area contributed by atoms with Crippen LogP contribution in [-0.4, -0.2) is 112 Å². The molecule has 31 heteroatoms. The Hall–Kier alpha value is -5.14. The van der Waals surface area contributed by atoms with Crippen LogP contribution in [0.4, 0.5) is 5.82 Å². The molecule has 1 fully saturated rings. The quantitative estimate of drug-likeness (QED) is 0.0279. The zero-order valence-electron chi connectivity index (χ0n) is 36.3. The van der Waals surface area contributed by atoms with E-state index in [1.54, 1.807) is 0 Å². The molecule has 70 heavy (non-hydrogen) atoms. The second-order valence-corrected chi connectivity index (χ2v) is 20.8. The van der Waals surface area contributed by atoms with E-state index >= 15 is 0 Å². The van der Waals surface area contributed by atoms with Crippen molar-refractivity contribution in [1.29, 1.82) is 0 Å². The molecule has 2 aromatic heterocycles. The van der Waals surface area contributed by atoms with E-state index in [2.05, 4.69) is 38.7 Å². The maximum Gasteiger partial charge on any atom is 0.490 e. The monoisotopic (exact) mass is 1080 g/mol. The van der Waals surface area contributed by atoms with E-state index in [9.17, 15) is 48.4 Å². The predicted molar refractivity (Wildman–Crippen MR) is 240 cm³/mol. The number of unbranched alkanes of at least 4 members (excludes halogenated alkanes) is 3.